The summed E-state index contributed by atoms with van der Waals surface area (Å²) in [5.74, 6) is 6.44. The summed E-state index contributed by atoms with van der Waals surface area (Å²) in [6, 6.07) is 4.72. The second-order valence-electron chi connectivity index (χ2n) is 6.20. The summed E-state index contributed by atoms with van der Waals surface area (Å²) in [5, 5.41) is 0. The number of thiophene rings is 1. The quantitative estimate of drug-likeness (QED) is 0.663. The first-order valence-electron chi connectivity index (χ1n) is 8.03. The number of hydrogen-bond acceptors (Lipinski definition) is 5. The monoisotopic (exact) mass is 310 g/mol. The maximum atomic E-state index is 6.15. The van der Waals surface area contributed by atoms with Gasteiger partial charge in [0, 0.05) is 29.6 Å². The van der Waals surface area contributed by atoms with Crippen LogP contribution in [0.5, 0.6) is 0 Å². The number of hydrogen-bond donors (Lipinski definition) is 2. The van der Waals surface area contributed by atoms with Crippen LogP contribution >= 0.6 is 11.3 Å². The fraction of sp³-hybridized carbons (Fsp3) is 0.750. The van der Waals surface area contributed by atoms with Crippen molar-refractivity contribution in [1.29, 1.82) is 0 Å². The zero-order valence-electron chi connectivity index (χ0n) is 12.8. The van der Waals surface area contributed by atoms with Gasteiger partial charge in [0.05, 0.1) is 11.6 Å². The molecule has 4 nitrogen and oxygen atoms in total. The van der Waals surface area contributed by atoms with E-state index < -0.39 is 0 Å². The molecule has 2 aliphatic rings. The molecule has 3 N–H and O–H groups in total. The lowest BCUT2D eigenvalue weighted by Gasteiger charge is -2.45. The van der Waals surface area contributed by atoms with Crippen molar-refractivity contribution in [1.82, 2.24) is 5.43 Å². The zero-order valence-corrected chi connectivity index (χ0v) is 13.6. The van der Waals surface area contributed by atoms with Gasteiger partial charge in [-0.05, 0) is 50.2 Å². The van der Waals surface area contributed by atoms with E-state index in [1.807, 2.05) is 11.3 Å². The second kappa shape index (κ2) is 6.75. The van der Waals surface area contributed by atoms with Gasteiger partial charge in [0.15, 0.2) is 0 Å². The van der Waals surface area contributed by atoms with Gasteiger partial charge >= 0.3 is 0 Å². The average molecular weight is 310 g/mol. The van der Waals surface area contributed by atoms with Crippen molar-refractivity contribution in [3.63, 3.8) is 0 Å². The van der Waals surface area contributed by atoms with E-state index in [1.54, 1.807) is 0 Å². The van der Waals surface area contributed by atoms with Gasteiger partial charge in [-0.25, -0.2) is 0 Å². The second-order valence-corrected chi connectivity index (χ2v) is 7.40. The summed E-state index contributed by atoms with van der Waals surface area (Å²) < 4.78 is 11.7. The molecule has 1 aromatic heterocycles. The lowest BCUT2D eigenvalue weighted by Crippen LogP contribution is -2.47. The van der Waals surface area contributed by atoms with Crippen molar-refractivity contribution in [2.75, 3.05) is 19.8 Å². The van der Waals surface area contributed by atoms with E-state index in [0.29, 0.717) is 5.92 Å². The maximum Gasteiger partial charge on any atom is 0.0729 e. The molecule has 0 radical (unpaired) electrons. The van der Waals surface area contributed by atoms with Crippen molar-refractivity contribution in [2.24, 2.45) is 11.8 Å². The van der Waals surface area contributed by atoms with Crippen molar-refractivity contribution >= 4 is 11.3 Å². The molecular formula is C16H26N2O2S. The van der Waals surface area contributed by atoms with Crippen LogP contribution in [0.25, 0.3) is 0 Å². The van der Waals surface area contributed by atoms with E-state index in [9.17, 15) is 0 Å². The van der Waals surface area contributed by atoms with Gasteiger partial charge in [-0.15, -0.1) is 11.3 Å². The molecule has 2 unspecified atom stereocenters. The molecule has 5 heteroatoms. The molecule has 2 atom stereocenters. The predicted octanol–water partition coefficient (Wildman–Crippen LogP) is 2.79. The molecule has 3 rings (SSSR count). The van der Waals surface area contributed by atoms with Crippen LogP contribution < -0.4 is 11.3 Å². The number of rotatable bonds is 4. The van der Waals surface area contributed by atoms with Gasteiger partial charge < -0.3 is 9.47 Å². The van der Waals surface area contributed by atoms with Crippen LogP contribution in [0.2, 0.25) is 0 Å². The number of nitrogens with one attached hydrogen (secondary N) is 1. The Morgan fingerprint density at radius 2 is 2.19 bits per heavy atom. The minimum Gasteiger partial charge on any atom is -0.381 e. The fourth-order valence-corrected chi connectivity index (χ4v) is 4.75. The molecule has 118 valence electrons. The van der Waals surface area contributed by atoms with E-state index >= 15 is 0 Å². The highest BCUT2D eigenvalue weighted by atomic mass is 32.1. The first-order valence-corrected chi connectivity index (χ1v) is 8.84. The van der Waals surface area contributed by atoms with Gasteiger partial charge in [0.1, 0.15) is 0 Å². The standard InChI is InChI=1S/C16H26N2O2S/c1-2-13-3-4-14(21-13)15(18-17)12-5-8-20-16(11-12)6-9-19-10-7-16/h3-4,12,15,18H,2,5-11,17H2,1H3. The normalized spacial score (nSPS) is 26.9. The summed E-state index contributed by atoms with van der Waals surface area (Å²) in [6.07, 6.45) is 5.30. The third-order valence-corrected chi connectivity index (χ3v) is 6.24. The van der Waals surface area contributed by atoms with E-state index in [2.05, 4.69) is 24.5 Å². The van der Waals surface area contributed by atoms with E-state index in [0.717, 1.165) is 51.9 Å². The number of nitrogens with two attached hydrogens (primary N) is 1. The lowest BCUT2D eigenvalue weighted by atomic mass is 9.77. The molecule has 1 aromatic rings. The van der Waals surface area contributed by atoms with Gasteiger partial charge in [0.2, 0.25) is 0 Å². The molecule has 2 saturated heterocycles. The van der Waals surface area contributed by atoms with Crippen LogP contribution in [0.1, 0.15) is 48.4 Å². The van der Waals surface area contributed by atoms with Crippen LogP contribution in [0, 0.1) is 5.92 Å². The van der Waals surface area contributed by atoms with Gasteiger partial charge in [-0.1, -0.05) is 6.92 Å². The Balaban J connectivity index is 1.73. The predicted molar refractivity (Wildman–Crippen MR) is 85.2 cm³/mol. The van der Waals surface area contributed by atoms with Gasteiger partial charge in [-0.3, -0.25) is 11.3 Å². The number of ether oxygens (including phenoxy) is 2. The Hall–Kier alpha value is -0.460. The van der Waals surface area contributed by atoms with Crippen LogP contribution in [0.4, 0.5) is 0 Å². The van der Waals surface area contributed by atoms with Crippen LogP contribution in [0.3, 0.4) is 0 Å². The van der Waals surface area contributed by atoms with Gasteiger partial charge in [0.25, 0.3) is 0 Å². The van der Waals surface area contributed by atoms with Crippen molar-refractivity contribution < 1.29 is 9.47 Å². The SMILES string of the molecule is CCc1ccc(C(NN)C2CCOC3(CCOCC3)C2)s1. The topological polar surface area (TPSA) is 56.5 Å². The first kappa shape index (κ1) is 15.4. The van der Waals surface area contributed by atoms with E-state index in [1.165, 1.54) is 9.75 Å². The molecule has 0 aliphatic carbocycles. The first-order chi connectivity index (χ1) is 10.3. The highest BCUT2D eigenvalue weighted by molar-refractivity contribution is 7.12. The summed E-state index contributed by atoms with van der Waals surface area (Å²) >= 11 is 1.89. The largest absolute Gasteiger partial charge is 0.381 e. The van der Waals surface area contributed by atoms with Crippen molar-refractivity contribution in [3.05, 3.63) is 21.9 Å². The summed E-state index contributed by atoms with van der Waals surface area (Å²) in [5.41, 5.74) is 3.10. The molecule has 0 saturated carbocycles. The Labute approximate surface area is 131 Å². The summed E-state index contributed by atoms with van der Waals surface area (Å²) in [4.78, 5) is 2.79. The molecule has 0 amide bonds. The Bertz CT molecular complexity index is 451. The minimum atomic E-state index is 0.0289. The lowest BCUT2D eigenvalue weighted by molar-refractivity contribution is -0.150. The van der Waals surface area contributed by atoms with Crippen LogP contribution in [-0.4, -0.2) is 25.4 Å². The molecule has 2 fully saturated rings. The smallest absolute Gasteiger partial charge is 0.0729 e. The molecule has 1 spiro atoms. The Morgan fingerprint density at radius 1 is 1.38 bits per heavy atom. The molecule has 21 heavy (non-hydrogen) atoms. The van der Waals surface area contributed by atoms with Crippen molar-refractivity contribution in [3.8, 4) is 0 Å². The Kier molecular flexibility index (Phi) is 4.96. The highest BCUT2D eigenvalue weighted by Crippen LogP contribution is 2.42. The molecule has 0 bridgehead atoms. The van der Waals surface area contributed by atoms with Crippen LogP contribution in [-0.2, 0) is 15.9 Å². The summed E-state index contributed by atoms with van der Waals surface area (Å²) in [7, 11) is 0. The van der Waals surface area contributed by atoms with E-state index in [4.69, 9.17) is 15.3 Å². The minimum absolute atomic E-state index is 0.0289. The highest BCUT2D eigenvalue weighted by Gasteiger charge is 2.41. The molecule has 2 aliphatic heterocycles. The van der Waals surface area contributed by atoms with Gasteiger partial charge in [-0.2, -0.15) is 0 Å². The third-order valence-electron chi connectivity index (χ3n) is 4.92. The van der Waals surface area contributed by atoms with E-state index in [-0.39, 0.29) is 11.6 Å². The zero-order chi connectivity index (χ0) is 14.7. The number of hydrazine groups is 1. The third kappa shape index (κ3) is 3.32. The Morgan fingerprint density at radius 3 is 2.86 bits per heavy atom. The number of aryl methyl sites for hydroxylation is 1. The fourth-order valence-electron chi connectivity index (χ4n) is 3.64. The average Bonchev–Trinajstić information content (AvgIpc) is 2.98. The van der Waals surface area contributed by atoms with Crippen LogP contribution in [0.15, 0.2) is 12.1 Å². The summed E-state index contributed by atoms with van der Waals surface area (Å²) in [6.45, 7) is 4.69. The molecule has 0 aromatic carbocycles. The van der Waals surface area contributed by atoms with Crippen molar-refractivity contribution in [2.45, 2.75) is 50.7 Å². The maximum absolute atomic E-state index is 6.15. The molecule has 3 heterocycles. The molecular weight excluding hydrogens is 284 g/mol.